The van der Waals surface area contributed by atoms with Crippen molar-refractivity contribution in [3.05, 3.63) is 52.4 Å². The van der Waals surface area contributed by atoms with Gasteiger partial charge in [0, 0.05) is 13.1 Å². The van der Waals surface area contributed by atoms with Crippen molar-refractivity contribution in [2.75, 3.05) is 6.54 Å². The number of aromatic nitrogens is 1. The Morgan fingerprint density at radius 2 is 2.14 bits per heavy atom. The lowest BCUT2D eigenvalue weighted by atomic mass is 9.94. The molecule has 0 bridgehead atoms. The average Bonchev–Trinajstić information content (AvgIpc) is 2.91. The summed E-state index contributed by atoms with van der Waals surface area (Å²) >= 11 is 0. The number of carboxylic acids is 1. The van der Waals surface area contributed by atoms with Gasteiger partial charge in [0.15, 0.2) is 0 Å². The van der Waals surface area contributed by atoms with E-state index in [-0.39, 0.29) is 5.91 Å². The highest BCUT2D eigenvalue weighted by atomic mass is 16.5. The van der Waals surface area contributed by atoms with E-state index in [0.717, 1.165) is 11.1 Å². The minimum atomic E-state index is -0.929. The third-order valence-corrected chi connectivity index (χ3v) is 3.76. The van der Waals surface area contributed by atoms with Crippen LogP contribution < -0.4 is 0 Å². The maximum atomic E-state index is 12.4. The van der Waals surface area contributed by atoms with E-state index >= 15 is 0 Å². The lowest BCUT2D eigenvalue weighted by molar-refractivity contribution is 0.0694. The van der Waals surface area contributed by atoms with Gasteiger partial charge in [0.25, 0.3) is 5.91 Å². The van der Waals surface area contributed by atoms with E-state index in [1.54, 1.807) is 24.0 Å². The van der Waals surface area contributed by atoms with Crippen molar-refractivity contribution >= 4 is 11.9 Å². The van der Waals surface area contributed by atoms with Crippen molar-refractivity contribution in [3.63, 3.8) is 0 Å². The normalized spacial score (nSPS) is 13.9. The van der Waals surface area contributed by atoms with E-state index in [1.807, 2.05) is 6.07 Å². The Morgan fingerprint density at radius 3 is 2.81 bits per heavy atom. The molecular formula is C15H14N2O4. The largest absolute Gasteiger partial charge is 0.478 e. The molecule has 1 aromatic carbocycles. The Kier molecular flexibility index (Phi) is 3.21. The molecule has 2 aromatic rings. The summed E-state index contributed by atoms with van der Waals surface area (Å²) in [7, 11) is 0. The molecule has 0 saturated heterocycles. The van der Waals surface area contributed by atoms with Crippen LogP contribution in [-0.2, 0) is 13.0 Å². The maximum Gasteiger partial charge on any atom is 0.335 e. The molecule has 1 aliphatic rings. The molecule has 1 aliphatic heterocycles. The van der Waals surface area contributed by atoms with Gasteiger partial charge in [-0.2, -0.15) is 0 Å². The molecule has 1 amide bonds. The highest BCUT2D eigenvalue weighted by Crippen LogP contribution is 2.24. The number of aryl methyl sites for hydroxylation is 1. The average molecular weight is 286 g/mol. The lowest BCUT2D eigenvalue weighted by Gasteiger charge is -2.29. The topological polar surface area (TPSA) is 83.6 Å². The standard InChI is InChI=1S/C15H14N2O4/c1-9-13(7-16-21-9)14(18)17-6-5-11-10(8-17)3-2-4-12(11)15(19)20/h2-4,7H,5-6,8H2,1H3,(H,19,20). The summed E-state index contributed by atoms with van der Waals surface area (Å²) in [5, 5.41) is 12.8. The Balaban J connectivity index is 1.89. The van der Waals surface area contributed by atoms with Gasteiger partial charge in [-0.3, -0.25) is 4.79 Å². The van der Waals surface area contributed by atoms with Crippen molar-refractivity contribution in [2.45, 2.75) is 19.9 Å². The van der Waals surface area contributed by atoms with E-state index in [9.17, 15) is 14.7 Å². The van der Waals surface area contributed by atoms with Gasteiger partial charge in [0.05, 0.1) is 11.8 Å². The molecule has 6 nitrogen and oxygen atoms in total. The third-order valence-electron chi connectivity index (χ3n) is 3.76. The molecule has 2 heterocycles. The van der Waals surface area contributed by atoms with Crippen LogP contribution >= 0.6 is 0 Å². The summed E-state index contributed by atoms with van der Waals surface area (Å²) in [4.78, 5) is 25.3. The number of hydrogen-bond acceptors (Lipinski definition) is 4. The molecule has 1 aromatic heterocycles. The minimum Gasteiger partial charge on any atom is -0.478 e. The monoisotopic (exact) mass is 286 g/mol. The predicted octanol–water partition coefficient (Wildman–Crippen LogP) is 1.88. The van der Waals surface area contributed by atoms with E-state index in [4.69, 9.17) is 4.52 Å². The van der Waals surface area contributed by atoms with Crippen LogP contribution in [0, 0.1) is 6.92 Å². The fourth-order valence-electron chi connectivity index (χ4n) is 2.66. The minimum absolute atomic E-state index is 0.139. The lowest BCUT2D eigenvalue weighted by Crippen LogP contribution is -2.36. The van der Waals surface area contributed by atoms with Gasteiger partial charge in [-0.1, -0.05) is 17.3 Å². The summed E-state index contributed by atoms with van der Waals surface area (Å²) in [6.45, 7) is 2.58. The Morgan fingerprint density at radius 1 is 1.33 bits per heavy atom. The number of rotatable bonds is 2. The van der Waals surface area contributed by atoms with E-state index in [1.165, 1.54) is 6.20 Å². The molecule has 6 heteroatoms. The highest BCUT2D eigenvalue weighted by molar-refractivity contribution is 5.95. The molecule has 0 fully saturated rings. The second kappa shape index (κ2) is 5.05. The Bertz CT molecular complexity index is 720. The summed E-state index contributed by atoms with van der Waals surface area (Å²) < 4.78 is 4.92. The first-order valence-electron chi connectivity index (χ1n) is 6.62. The van der Waals surface area contributed by atoms with E-state index in [2.05, 4.69) is 5.16 Å². The second-order valence-electron chi connectivity index (χ2n) is 5.02. The molecule has 0 atom stereocenters. The predicted molar refractivity (Wildman–Crippen MR) is 73.1 cm³/mol. The van der Waals surface area contributed by atoms with Gasteiger partial charge >= 0.3 is 5.97 Å². The van der Waals surface area contributed by atoms with Crippen LogP contribution in [-0.4, -0.2) is 33.6 Å². The van der Waals surface area contributed by atoms with Crippen LogP contribution in [0.2, 0.25) is 0 Å². The first-order valence-corrected chi connectivity index (χ1v) is 6.62. The number of carboxylic acid groups (broad SMARTS) is 1. The van der Waals surface area contributed by atoms with Gasteiger partial charge < -0.3 is 14.5 Å². The highest BCUT2D eigenvalue weighted by Gasteiger charge is 2.26. The molecular weight excluding hydrogens is 272 g/mol. The third kappa shape index (κ3) is 2.29. The number of fused-ring (bicyclic) bond motifs is 1. The van der Waals surface area contributed by atoms with Crippen LogP contribution in [0.3, 0.4) is 0 Å². The fourth-order valence-corrected chi connectivity index (χ4v) is 2.66. The molecule has 0 radical (unpaired) electrons. The number of aromatic carboxylic acids is 1. The SMILES string of the molecule is Cc1oncc1C(=O)N1CCc2c(cccc2C(=O)O)C1. The van der Waals surface area contributed by atoms with Gasteiger partial charge in [-0.05, 0) is 30.5 Å². The maximum absolute atomic E-state index is 12.4. The number of hydrogen-bond donors (Lipinski definition) is 1. The number of nitrogens with zero attached hydrogens (tertiary/aromatic N) is 2. The first kappa shape index (κ1) is 13.4. The molecule has 0 unspecified atom stereocenters. The molecule has 0 spiro atoms. The number of benzene rings is 1. The van der Waals surface area contributed by atoms with Gasteiger partial charge in [0.1, 0.15) is 11.3 Å². The molecule has 3 rings (SSSR count). The zero-order valence-electron chi connectivity index (χ0n) is 11.5. The first-order chi connectivity index (χ1) is 10.1. The van der Waals surface area contributed by atoms with Crippen LogP contribution in [0.1, 0.15) is 37.6 Å². The summed E-state index contributed by atoms with van der Waals surface area (Å²) in [5.41, 5.74) is 2.47. The Hall–Kier alpha value is -2.63. The molecule has 0 saturated carbocycles. The zero-order valence-corrected chi connectivity index (χ0v) is 11.5. The smallest absolute Gasteiger partial charge is 0.335 e. The fraction of sp³-hybridized carbons (Fsp3) is 0.267. The van der Waals surface area contributed by atoms with Crippen molar-refractivity contribution in [3.8, 4) is 0 Å². The van der Waals surface area contributed by atoms with Crippen LogP contribution in [0.25, 0.3) is 0 Å². The summed E-state index contributed by atoms with van der Waals surface area (Å²) in [6.07, 6.45) is 1.95. The zero-order chi connectivity index (χ0) is 15.0. The molecule has 1 N–H and O–H groups in total. The van der Waals surface area contributed by atoms with Gasteiger partial charge in [0.2, 0.25) is 0 Å². The second-order valence-corrected chi connectivity index (χ2v) is 5.02. The quantitative estimate of drug-likeness (QED) is 0.911. The van der Waals surface area contributed by atoms with Crippen molar-refractivity contribution in [1.29, 1.82) is 0 Å². The molecule has 0 aliphatic carbocycles. The van der Waals surface area contributed by atoms with Crippen LogP contribution in [0.4, 0.5) is 0 Å². The Labute approximate surface area is 121 Å². The summed E-state index contributed by atoms with van der Waals surface area (Å²) in [5.74, 6) is -0.577. The molecule has 108 valence electrons. The van der Waals surface area contributed by atoms with E-state index in [0.29, 0.717) is 36.4 Å². The van der Waals surface area contributed by atoms with Crippen molar-refractivity contribution in [1.82, 2.24) is 10.1 Å². The van der Waals surface area contributed by atoms with Crippen molar-refractivity contribution in [2.24, 2.45) is 0 Å². The van der Waals surface area contributed by atoms with Crippen LogP contribution in [0.15, 0.2) is 28.9 Å². The number of amides is 1. The summed E-state index contributed by atoms with van der Waals surface area (Å²) in [6, 6.07) is 5.17. The number of carbonyl (C=O) groups is 2. The van der Waals surface area contributed by atoms with Crippen molar-refractivity contribution < 1.29 is 19.2 Å². The number of carbonyl (C=O) groups excluding carboxylic acids is 1. The van der Waals surface area contributed by atoms with Gasteiger partial charge in [-0.15, -0.1) is 0 Å². The van der Waals surface area contributed by atoms with Gasteiger partial charge in [-0.25, -0.2) is 4.79 Å². The van der Waals surface area contributed by atoms with Crippen LogP contribution in [0.5, 0.6) is 0 Å². The molecule has 21 heavy (non-hydrogen) atoms. The van der Waals surface area contributed by atoms with E-state index < -0.39 is 5.97 Å².